The molecule has 0 spiro atoms. The number of aliphatic hydroxyl groups excluding tert-OH is 1. The molecular weight excluding hydrogens is 280 g/mol. The molecule has 0 unspecified atom stereocenters. The summed E-state index contributed by atoms with van der Waals surface area (Å²) in [7, 11) is 0. The fourth-order valence-corrected chi connectivity index (χ4v) is 1.25. The molecule has 0 aliphatic rings. The maximum atomic E-state index is 11.4. The van der Waals surface area contributed by atoms with Crippen molar-refractivity contribution in [3.8, 4) is 0 Å². The van der Waals surface area contributed by atoms with Gasteiger partial charge in [-0.15, -0.1) is 0 Å². The molecule has 0 bridgehead atoms. The minimum Gasteiger partial charge on any atom is -0.444 e. The Morgan fingerprint density at radius 3 is 2.69 bits per heavy atom. The second-order valence-electron chi connectivity index (χ2n) is 2.86. The predicted octanol–water partition coefficient (Wildman–Crippen LogP) is -0.120. The van der Waals surface area contributed by atoms with E-state index >= 15 is 0 Å². The van der Waals surface area contributed by atoms with Gasteiger partial charge in [-0.05, 0) is 28.1 Å². The SMILES string of the molecule is O=C(CNC(=O)c1ccc(Br)o1)NCCO. The summed E-state index contributed by atoms with van der Waals surface area (Å²) in [4.78, 5) is 22.4. The second kappa shape index (κ2) is 6.29. The van der Waals surface area contributed by atoms with Crippen molar-refractivity contribution in [2.24, 2.45) is 0 Å². The number of nitrogens with one attached hydrogen (secondary N) is 2. The van der Waals surface area contributed by atoms with E-state index in [1.54, 1.807) is 6.07 Å². The van der Waals surface area contributed by atoms with Crippen LogP contribution in [0.5, 0.6) is 0 Å². The second-order valence-corrected chi connectivity index (χ2v) is 3.64. The van der Waals surface area contributed by atoms with Crippen molar-refractivity contribution in [3.63, 3.8) is 0 Å². The van der Waals surface area contributed by atoms with Crippen LogP contribution in [0.2, 0.25) is 0 Å². The summed E-state index contributed by atoms with van der Waals surface area (Å²) in [5.41, 5.74) is 0. The van der Waals surface area contributed by atoms with E-state index in [1.165, 1.54) is 6.07 Å². The van der Waals surface area contributed by atoms with Gasteiger partial charge in [-0.2, -0.15) is 0 Å². The van der Waals surface area contributed by atoms with Gasteiger partial charge >= 0.3 is 0 Å². The summed E-state index contributed by atoms with van der Waals surface area (Å²) in [5, 5.41) is 13.2. The molecule has 1 aromatic heterocycles. The summed E-state index contributed by atoms with van der Waals surface area (Å²) in [6, 6.07) is 3.08. The quantitative estimate of drug-likeness (QED) is 0.705. The Morgan fingerprint density at radius 1 is 1.38 bits per heavy atom. The molecule has 6 nitrogen and oxygen atoms in total. The van der Waals surface area contributed by atoms with Crippen LogP contribution in [-0.2, 0) is 4.79 Å². The lowest BCUT2D eigenvalue weighted by atomic mass is 10.4. The van der Waals surface area contributed by atoms with E-state index in [-0.39, 0.29) is 31.4 Å². The first kappa shape index (κ1) is 12.7. The predicted molar refractivity (Wildman–Crippen MR) is 58.8 cm³/mol. The molecule has 2 amide bonds. The number of carbonyl (C=O) groups excluding carboxylic acids is 2. The number of amides is 2. The highest BCUT2D eigenvalue weighted by Gasteiger charge is 2.11. The smallest absolute Gasteiger partial charge is 0.287 e. The molecule has 1 heterocycles. The molecule has 0 aliphatic carbocycles. The largest absolute Gasteiger partial charge is 0.444 e. The van der Waals surface area contributed by atoms with Gasteiger partial charge in [-0.3, -0.25) is 9.59 Å². The monoisotopic (exact) mass is 290 g/mol. The van der Waals surface area contributed by atoms with Crippen molar-refractivity contribution < 1.29 is 19.1 Å². The van der Waals surface area contributed by atoms with Gasteiger partial charge in [0.25, 0.3) is 5.91 Å². The van der Waals surface area contributed by atoms with Crippen molar-refractivity contribution in [1.29, 1.82) is 0 Å². The van der Waals surface area contributed by atoms with Gasteiger partial charge in [0.05, 0.1) is 13.2 Å². The Morgan fingerprint density at radius 2 is 2.12 bits per heavy atom. The zero-order valence-corrected chi connectivity index (χ0v) is 9.91. The van der Waals surface area contributed by atoms with E-state index in [1.807, 2.05) is 0 Å². The highest BCUT2D eigenvalue weighted by atomic mass is 79.9. The Hall–Kier alpha value is -1.34. The minimum absolute atomic E-state index is 0.127. The van der Waals surface area contributed by atoms with Gasteiger partial charge in [0, 0.05) is 6.54 Å². The maximum Gasteiger partial charge on any atom is 0.287 e. The molecular formula is C9H11BrN2O4. The number of hydrogen-bond acceptors (Lipinski definition) is 4. The normalized spacial score (nSPS) is 9.88. The molecule has 0 atom stereocenters. The van der Waals surface area contributed by atoms with Crippen LogP contribution in [-0.4, -0.2) is 36.6 Å². The summed E-state index contributed by atoms with van der Waals surface area (Å²) in [6.07, 6.45) is 0. The molecule has 0 radical (unpaired) electrons. The first-order valence-corrected chi connectivity index (χ1v) is 5.34. The first-order chi connectivity index (χ1) is 7.63. The fraction of sp³-hybridized carbons (Fsp3) is 0.333. The molecule has 1 rings (SSSR count). The van der Waals surface area contributed by atoms with Crippen molar-refractivity contribution in [2.75, 3.05) is 19.7 Å². The van der Waals surface area contributed by atoms with Gasteiger partial charge in [-0.1, -0.05) is 0 Å². The van der Waals surface area contributed by atoms with E-state index in [2.05, 4.69) is 26.6 Å². The molecule has 0 saturated heterocycles. The van der Waals surface area contributed by atoms with Crippen LogP contribution in [0, 0.1) is 0 Å². The molecule has 88 valence electrons. The van der Waals surface area contributed by atoms with Gasteiger partial charge in [0.2, 0.25) is 5.91 Å². The summed E-state index contributed by atoms with van der Waals surface area (Å²) in [6.45, 7) is -0.122. The molecule has 0 fully saturated rings. The van der Waals surface area contributed by atoms with Gasteiger partial charge in [0.15, 0.2) is 10.4 Å². The van der Waals surface area contributed by atoms with Gasteiger partial charge in [-0.25, -0.2) is 0 Å². The molecule has 0 aromatic carbocycles. The Bertz CT molecular complexity index is 377. The zero-order chi connectivity index (χ0) is 12.0. The summed E-state index contributed by atoms with van der Waals surface area (Å²) in [5.74, 6) is -0.709. The van der Waals surface area contributed by atoms with Crippen LogP contribution in [0.1, 0.15) is 10.6 Å². The van der Waals surface area contributed by atoms with Crippen molar-refractivity contribution >= 4 is 27.7 Å². The van der Waals surface area contributed by atoms with Gasteiger partial charge < -0.3 is 20.2 Å². The molecule has 16 heavy (non-hydrogen) atoms. The summed E-state index contributed by atoms with van der Waals surface area (Å²) < 4.78 is 5.44. The third-order valence-corrected chi connectivity index (χ3v) is 2.07. The fourth-order valence-electron chi connectivity index (χ4n) is 0.942. The number of rotatable bonds is 5. The average molecular weight is 291 g/mol. The molecule has 3 N–H and O–H groups in total. The number of furan rings is 1. The lowest BCUT2D eigenvalue weighted by molar-refractivity contribution is -0.120. The van der Waals surface area contributed by atoms with Crippen LogP contribution < -0.4 is 10.6 Å². The van der Waals surface area contributed by atoms with Crippen molar-refractivity contribution in [2.45, 2.75) is 0 Å². The molecule has 0 aliphatic heterocycles. The lowest BCUT2D eigenvalue weighted by Gasteiger charge is -2.03. The first-order valence-electron chi connectivity index (χ1n) is 4.54. The lowest BCUT2D eigenvalue weighted by Crippen LogP contribution is -2.37. The van der Waals surface area contributed by atoms with Crippen LogP contribution >= 0.6 is 15.9 Å². The molecule has 1 aromatic rings. The molecule has 0 saturated carbocycles. The van der Waals surface area contributed by atoms with E-state index in [4.69, 9.17) is 9.52 Å². The van der Waals surface area contributed by atoms with Crippen LogP contribution in [0.25, 0.3) is 0 Å². The molecule has 7 heteroatoms. The number of hydrogen-bond donors (Lipinski definition) is 3. The third-order valence-electron chi connectivity index (χ3n) is 1.64. The van der Waals surface area contributed by atoms with Crippen molar-refractivity contribution in [3.05, 3.63) is 22.6 Å². The van der Waals surface area contributed by atoms with Crippen LogP contribution in [0.15, 0.2) is 21.2 Å². The Kier molecular flexibility index (Phi) is 5.00. The Labute approximate surface area is 100 Å². The maximum absolute atomic E-state index is 11.4. The number of aliphatic hydroxyl groups is 1. The number of halogens is 1. The topological polar surface area (TPSA) is 91.6 Å². The van der Waals surface area contributed by atoms with Crippen LogP contribution in [0.3, 0.4) is 0 Å². The van der Waals surface area contributed by atoms with E-state index < -0.39 is 5.91 Å². The number of carbonyl (C=O) groups is 2. The summed E-state index contributed by atoms with van der Waals surface area (Å²) >= 11 is 3.06. The van der Waals surface area contributed by atoms with Crippen LogP contribution in [0.4, 0.5) is 0 Å². The van der Waals surface area contributed by atoms with E-state index in [9.17, 15) is 9.59 Å². The van der Waals surface area contributed by atoms with E-state index in [0.29, 0.717) is 4.67 Å². The standard InChI is InChI=1S/C9H11BrN2O4/c10-7-2-1-6(16-7)9(15)12-5-8(14)11-3-4-13/h1-2,13H,3-5H2,(H,11,14)(H,12,15). The highest BCUT2D eigenvalue weighted by Crippen LogP contribution is 2.13. The zero-order valence-electron chi connectivity index (χ0n) is 8.33. The van der Waals surface area contributed by atoms with Gasteiger partial charge in [0.1, 0.15) is 0 Å². The Balaban J connectivity index is 2.33. The van der Waals surface area contributed by atoms with E-state index in [0.717, 1.165) is 0 Å². The third kappa shape index (κ3) is 4.03. The van der Waals surface area contributed by atoms with Crippen molar-refractivity contribution in [1.82, 2.24) is 10.6 Å². The minimum atomic E-state index is -0.468. The average Bonchev–Trinajstić information content (AvgIpc) is 2.69. The highest BCUT2D eigenvalue weighted by molar-refractivity contribution is 9.10.